The Bertz CT molecular complexity index is 454. The second-order valence-electron chi connectivity index (χ2n) is 6.32. The van der Waals surface area contributed by atoms with Gasteiger partial charge < -0.3 is 10.5 Å². The highest BCUT2D eigenvalue weighted by Gasteiger charge is 2.46. The first-order valence-corrected chi connectivity index (χ1v) is 7.30. The molecule has 2 nitrogen and oxygen atoms in total. The van der Waals surface area contributed by atoms with E-state index < -0.39 is 0 Å². The van der Waals surface area contributed by atoms with Gasteiger partial charge in [0.25, 0.3) is 0 Å². The van der Waals surface area contributed by atoms with Crippen molar-refractivity contribution in [3.63, 3.8) is 0 Å². The molecule has 1 aromatic carbocycles. The van der Waals surface area contributed by atoms with E-state index in [2.05, 4.69) is 46.8 Å². The highest BCUT2D eigenvalue weighted by Crippen LogP contribution is 2.47. The fourth-order valence-corrected chi connectivity index (χ4v) is 4.17. The summed E-state index contributed by atoms with van der Waals surface area (Å²) in [5, 5.41) is 0.441. The lowest BCUT2D eigenvalue weighted by atomic mass is 10.0. The Balaban J connectivity index is 2.21. The van der Waals surface area contributed by atoms with Crippen molar-refractivity contribution in [2.24, 2.45) is 0 Å². The number of aryl methyl sites for hydroxylation is 1. The summed E-state index contributed by atoms with van der Waals surface area (Å²) in [6, 6.07) is 6.21. The second kappa shape index (κ2) is 4.46. The van der Waals surface area contributed by atoms with Crippen molar-refractivity contribution in [3.8, 4) is 0 Å². The Kier molecular flexibility index (Phi) is 3.41. The molecule has 0 aromatic heterocycles. The molecule has 0 aliphatic carbocycles. The summed E-state index contributed by atoms with van der Waals surface area (Å²) in [5.74, 6) is 0. The van der Waals surface area contributed by atoms with Gasteiger partial charge in [0.1, 0.15) is 0 Å². The molecule has 3 heteroatoms. The predicted octanol–water partition coefficient (Wildman–Crippen LogP) is 4.02. The highest BCUT2D eigenvalue weighted by atomic mass is 32.2. The normalized spacial score (nSPS) is 25.3. The third-order valence-corrected chi connectivity index (χ3v) is 5.06. The molecule has 1 aliphatic heterocycles. The smallest absolute Gasteiger partial charge is 0.0756 e. The summed E-state index contributed by atoms with van der Waals surface area (Å²) in [6.07, 6.45) is 1.05. The van der Waals surface area contributed by atoms with Gasteiger partial charge in [-0.25, -0.2) is 0 Å². The van der Waals surface area contributed by atoms with Crippen LogP contribution in [0.3, 0.4) is 0 Å². The minimum absolute atomic E-state index is 0.0419. The number of nitrogens with two attached hydrogens (primary N) is 1. The molecular weight excluding hydrogens is 242 g/mol. The molecule has 0 spiro atoms. The summed E-state index contributed by atoms with van der Waals surface area (Å²) in [4.78, 5) is 1.18. The first-order chi connectivity index (χ1) is 8.20. The van der Waals surface area contributed by atoms with Crippen molar-refractivity contribution in [2.45, 2.75) is 62.4 Å². The molecule has 100 valence electrons. The van der Waals surface area contributed by atoms with Gasteiger partial charge in [-0.2, -0.15) is 0 Å². The number of benzene rings is 1. The lowest BCUT2D eigenvalue weighted by molar-refractivity contribution is -0.0631. The van der Waals surface area contributed by atoms with Crippen LogP contribution in [0.15, 0.2) is 23.1 Å². The lowest BCUT2D eigenvalue weighted by Crippen LogP contribution is -2.30. The van der Waals surface area contributed by atoms with Crippen molar-refractivity contribution >= 4 is 17.4 Å². The van der Waals surface area contributed by atoms with E-state index in [4.69, 9.17) is 10.5 Å². The van der Waals surface area contributed by atoms with Gasteiger partial charge in [0.2, 0.25) is 0 Å². The van der Waals surface area contributed by atoms with E-state index in [1.165, 1.54) is 10.5 Å². The fraction of sp³-hybridized carbons (Fsp3) is 0.600. The zero-order valence-corrected chi connectivity index (χ0v) is 12.7. The number of nitrogen functional groups attached to an aromatic ring is 1. The first-order valence-electron chi connectivity index (χ1n) is 6.43. The zero-order valence-electron chi connectivity index (χ0n) is 11.9. The summed E-state index contributed by atoms with van der Waals surface area (Å²) >= 11 is 1.85. The third-order valence-electron chi connectivity index (χ3n) is 3.43. The van der Waals surface area contributed by atoms with Crippen LogP contribution in [-0.4, -0.2) is 16.5 Å². The molecule has 1 saturated heterocycles. The Morgan fingerprint density at radius 3 is 2.50 bits per heavy atom. The van der Waals surface area contributed by atoms with E-state index in [0.29, 0.717) is 5.25 Å². The highest BCUT2D eigenvalue weighted by molar-refractivity contribution is 8.00. The predicted molar refractivity (Wildman–Crippen MR) is 79.1 cm³/mol. The lowest BCUT2D eigenvalue weighted by Gasteiger charge is -2.27. The van der Waals surface area contributed by atoms with Crippen LogP contribution >= 0.6 is 11.8 Å². The van der Waals surface area contributed by atoms with Crippen LogP contribution in [0.2, 0.25) is 0 Å². The Labute approximate surface area is 114 Å². The molecular formula is C15H23NOS. The quantitative estimate of drug-likeness (QED) is 0.820. The average Bonchev–Trinajstić information content (AvgIpc) is 2.40. The Morgan fingerprint density at radius 1 is 1.28 bits per heavy atom. The van der Waals surface area contributed by atoms with Gasteiger partial charge in [-0.15, -0.1) is 11.8 Å². The molecule has 1 unspecified atom stereocenters. The molecule has 0 bridgehead atoms. The van der Waals surface area contributed by atoms with Crippen molar-refractivity contribution in [1.29, 1.82) is 0 Å². The van der Waals surface area contributed by atoms with E-state index in [1.807, 2.05) is 17.8 Å². The summed E-state index contributed by atoms with van der Waals surface area (Å²) < 4.78 is 6.13. The van der Waals surface area contributed by atoms with E-state index in [0.717, 1.165) is 12.1 Å². The standard InChI is InChI=1S/C15H23NOS/c1-10-6-7-11(16)12(8-10)18-13-9-14(2,3)17-15(13,4)5/h6-8,13H,9,16H2,1-5H3. The second-order valence-corrected chi connectivity index (χ2v) is 7.56. The van der Waals surface area contributed by atoms with Gasteiger partial charge in [-0.3, -0.25) is 0 Å². The van der Waals surface area contributed by atoms with Crippen LogP contribution in [0, 0.1) is 6.92 Å². The molecule has 18 heavy (non-hydrogen) atoms. The average molecular weight is 265 g/mol. The van der Waals surface area contributed by atoms with E-state index in [9.17, 15) is 0 Å². The summed E-state index contributed by atoms with van der Waals surface area (Å²) in [7, 11) is 0. The van der Waals surface area contributed by atoms with Crippen LogP contribution in [0.4, 0.5) is 5.69 Å². The van der Waals surface area contributed by atoms with Gasteiger partial charge in [0.15, 0.2) is 0 Å². The molecule has 1 aromatic rings. The number of hydrogen-bond acceptors (Lipinski definition) is 3. The number of hydrogen-bond donors (Lipinski definition) is 1. The van der Waals surface area contributed by atoms with Crippen LogP contribution in [-0.2, 0) is 4.74 Å². The minimum Gasteiger partial charge on any atom is -0.398 e. The van der Waals surface area contributed by atoms with Gasteiger partial charge in [-0.1, -0.05) is 6.07 Å². The largest absolute Gasteiger partial charge is 0.398 e. The maximum absolute atomic E-state index is 6.13. The van der Waals surface area contributed by atoms with Gasteiger partial charge in [-0.05, 0) is 58.7 Å². The van der Waals surface area contributed by atoms with Crippen LogP contribution in [0.25, 0.3) is 0 Å². The zero-order chi connectivity index (χ0) is 13.6. The number of rotatable bonds is 2. The van der Waals surface area contributed by atoms with Crippen LogP contribution in [0.5, 0.6) is 0 Å². The number of thioether (sulfide) groups is 1. The van der Waals surface area contributed by atoms with E-state index in [-0.39, 0.29) is 11.2 Å². The fourth-order valence-electron chi connectivity index (χ4n) is 2.59. The van der Waals surface area contributed by atoms with Gasteiger partial charge in [0, 0.05) is 15.8 Å². The van der Waals surface area contributed by atoms with Crippen molar-refractivity contribution in [3.05, 3.63) is 23.8 Å². The van der Waals surface area contributed by atoms with Crippen molar-refractivity contribution in [1.82, 2.24) is 0 Å². The molecule has 2 rings (SSSR count). The number of anilines is 1. The molecule has 1 atom stereocenters. The monoisotopic (exact) mass is 265 g/mol. The Hall–Kier alpha value is -0.670. The Morgan fingerprint density at radius 2 is 1.94 bits per heavy atom. The molecule has 0 radical (unpaired) electrons. The molecule has 1 fully saturated rings. The van der Waals surface area contributed by atoms with Gasteiger partial charge in [0.05, 0.1) is 11.2 Å². The topological polar surface area (TPSA) is 35.2 Å². The van der Waals surface area contributed by atoms with E-state index in [1.54, 1.807) is 0 Å². The molecule has 2 N–H and O–H groups in total. The maximum Gasteiger partial charge on any atom is 0.0756 e. The van der Waals surface area contributed by atoms with E-state index >= 15 is 0 Å². The van der Waals surface area contributed by atoms with Crippen molar-refractivity contribution in [2.75, 3.05) is 5.73 Å². The molecule has 0 saturated carbocycles. The van der Waals surface area contributed by atoms with Crippen LogP contribution in [0.1, 0.15) is 39.7 Å². The SMILES string of the molecule is Cc1ccc(N)c(SC2CC(C)(C)OC2(C)C)c1. The third kappa shape index (κ3) is 2.83. The number of ether oxygens (including phenoxy) is 1. The van der Waals surface area contributed by atoms with Gasteiger partial charge >= 0.3 is 0 Å². The summed E-state index contributed by atoms with van der Waals surface area (Å²) in [6.45, 7) is 10.8. The van der Waals surface area contributed by atoms with Crippen molar-refractivity contribution < 1.29 is 4.74 Å². The van der Waals surface area contributed by atoms with Crippen LogP contribution < -0.4 is 5.73 Å². The first kappa shape index (κ1) is 13.8. The molecule has 1 heterocycles. The maximum atomic E-state index is 6.13. The molecule has 1 aliphatic rings. The summed E-state index contributed by atoms with van der Waals surface area (Å²) in [5.41, 5.74) is 8.03. The minimum atomic E-state index is -0.107. The molecule has 0 amide bonds.